The van der Waals surface area contributed by atoms with Gasteiger partial charge in [0, 0.05) is 18.0 Å². The van der Waals surface area contributed by atoms with Crippen LogP contribution in [0, 0.1) is 4.77 Å². The van der Waals surface area contributed by atoms with E-state index in [2.05, 4.69) is 25.7 Å². The quantitative estimate of drug-likeness (QED) is 0.587. The maximum absolute atomic E-state index is 5.15. The van der Waals surface area contributed by atoms with Crippen LogP contribution in [0.15, 0.2) is 35.7 Å². The van der Waals surface area contributed by atoms with Crippen LogP contribution in [0.3, 0.4) is 0 Å². The van der Waals surface area contributed by atoms with Crippen LogP contribution in [-0.4, -0.2) is 29.4 Å². The predicted octanol–water partition coefficient (Wildman–Crippen LogP) is 2.84. The normalized spacial score (nSPS) is 11.3. The van der Waals surface area contributed by atoms with E-state index in [4.69, 9.17) is 12.2 Å². The monoisotopic (exact) mass is 328 g/mol. The summed E-state index contributed by atoms with van der Waals surface area (Å²) in [7, 11) is 1.90. The Morgan fingerprint density at radius 2 is 2.09 bits per heavy atom. The van der Waals surface area contributed by atoms with E-state index in [1.54, 1.807) is 11.3 Å². The number of benzene rings is 1. The zero-order valence-corrected chi connectivity index (χ0v) is 13.4. The highest BCUT2D eigenvalue weighted by atomic mass is 32.1. The minimum absolute atomic E-state index is 0.616. The van der Waals surface area contributed by atoms with Crippen molar-refractivity contribution < 1.29 is 0 Å². The Balaban J connectivity index is 1.75. The molecule has 0 aliphatic carbocycles. The first-order valence-corrected chi connectivity index (χ1v) is 8.00. The molecule has 3 aromatic heterocycles. The van der Waals surface area contributed by atoms with Crippen molar-refractivity contribution in [1.82, 2.24) is 29.4 Å². The molecule has 0 fully saturated rings. The SMILES string of the molecule is Cn1c(Cc2csc3nc(-c4ccccc4)nn23)n[nH]c1=S. The molecular formula is C14H12N6S2. The van der Waals surface area contributed by atoms with Gasteiger partial charge in [-0.05, 0) is 12.2 Å². The standard InChI is InChI=1S/C14H12N6S2/c1-19-11(16-17-13(19)21)7-10-8-22-14-15-12(18-20(10)14)9-5-3-2-4-6-9/h2-6,8H,7H2,1H3,(H,17,21). The fraction of sp³-hybridized carbons (Fsp3) is 0.143. The van der Waals surface area contributed by atoms with Gasteiger partial charge in [-0.1, -0.05) is 30.3 Å². The molecule has 0 radical (unpaired) electrons. The fourth-order valence-electron chi connectivity index (χ4n) is 2.26. The summed E-state index contributed by atoms with van der Waals surface area (Å²) in [6, 6.07) is 9.98. The Morgan fingerprint density at radius 3 is 2.82 bits per heavy atom. The van der Waals surface area contributed by atoms with E-state index in [9.17, 15) is 0 Å². The summed E-state index contributed by atoms with van der Waals surface area (Å²) in [6.07, 6.45) is 0.654. The van der Waals surface area contributed by atoms with Crippen LogP contribution < -0.4 is 0 Å². The number of thiazole rings is 1. The lowest BCUT2D eigenvalue weighted by Crippen LogP contribution is -2.02. The average Bonchev–Trinajstić information content (AvgIpc) is 3.20. The van der Waals surface area contributed by atoms with Gasteiger partial charge in [0.15, 0.2) is 10.6 Å². The molecule has 0 saturated heterocycles. The van der Waals surface area contributed by atoms with Crippen molar-refractivity contribution in [2.24, 2.45) is 7.05 Å². The number of H-pyrrole nitrogens is 1. The molecule has 4 aromatic rings. The van der Waals surface area contributed by atoms with Crippen LogP contribution in [0.5, 0.6) is 0 Å². The number of rotatable bonds is 3. The first-order chi connectivity index (χ1) is 10.7. The molecule has 0 atom stereocenters. The molecule has 0 saturated carbocycles. The Morgan fingerprint density at radius 1 is 1.27 bits per heavy atom. The highest BCUT2D eigenvalue weighted by molar-refractivity contribution is 7.71. The van der Waals surface area contributed by atoms with E-state index in [0.29, 0.717) is 11.2 Å². The van der Waals surface area contributed by atoms with E-state index in [1.807, 2.05) is 46.5 Å². The Kier molecular flexibility index (Phi) is 3.12. The van der Waals surface area contributed by atoms with Crippen molar-refractivity contribution in [3.05, 3.63) is 52.0 Å². The first kappa shape index (κ1) is 13.4. The summed E-state index contributed by atoms with van der Waals surface area (Å²) >= 11 is 6.72. The van der Waals surface area contributed by atoms with Crippen LogP contribution in [0.2, 0.25) is 0 Å². The molecule has 22 heavy (non-hydrogen) atoms. The second kappa shape index (κ2) is 5.15. The number of hydrogen-bond acceptors (Lipinski definition) is 5. The Labute approximate surface area is 135 Å². The molecule has 1 N–H and O–H groups in total. The lowest BCUT2D eigenvalue weighted by Gasteiger charge is -1.98. The lowest BCUT2D eigenvalue weighted by molar-refractivity contribution is 0.785. The van der Waals surface area contributed by atoms with Crippen LogP contribution in [0.4, 0.5) is 0 Å². The first-order valence-electron chi connectivity index (χ1n) is 6.71. The van der Waals surface area contributed by atoms with Gasteiger partial charge in [-0.2, -0.15) is 10.1 Å². The van der Waals surface area contributed by atoms with Gasteiger partial charge < -0.3 is 4.57 Å². The summed E-state index contributed by atoms with van der Waals surface area (Å²) < 4.78 is 4.36. The fourth-order valence-corrected chi connectivity index (χ4v) is 3.23. The molecule has 0 unspecified atom stereocenters. The summed E-state index contributed by atoms with van der Waals surface area (Å²) in [5.41, 5.74) is 2.06. The highest BCUT2D eigenvalue weighted by Crippen LogP contribution is 2.21. The van der Waals surface area contributed by atoms with E-state index >= 15 is 0 Å². The Hall–Kier alpha value is -2.32. The van der Waals surface area contributed by atoms with Gasteiger partial charge >= 0.3 is 0 Å². The third-order valence-corrected chi connectivity index (χ3v) is 4.72. The summed E-state index contributed by atoms with van der Waals surface area (Å²) in [5, 5.41) is 13.7. The van der Waals surface area contributed by atoms with Gasteiger partial charge in [-0.15, -0.1) is 16.4 Å². The number of nitrogens with one attached hydrogen (secondary N) is 1. The van der Waals surface area contributed by atoms with E-state index in [-0.39, 0.29) is 0 Å². The summed E-state index contributed by atoms with van der Waals surface area (Å²) in [5.74, 6) is 1.62. The molecule has 0 amide bonds. The third-order valence-electron chi connectivity index (χ3n) is 3.49. The van der Waals surface area contributed by atoms with Gasteiger partial charge in [0.2, 0.25) is 4.96 Å². The molecular weight excluding hydrogens is 316 g/mol. The molecule has 0 spiro atoms. The average molecular weight is 328 g/mol. The van der Waals surface area contributed by atoms with Crippen LogP contribution in [0.25, 0.3) is 16.3 Å². The number of aromatic nitrogens is 6. The second-order valence-corrected chi connectivity index (χ2v) is 6.13. The number of aromatic amines is 1. The van der Waals surface area contributed by atoms with E-state index in [0.717, 1.165) is 27.9 Å². The third kappa shape index (κ3) is 2.16. The van der Waals surface area contributed by atoms with Crippen molar-refractivity contribution in [3.8, 4) is 11.4 Å². The van der Waals surface area contributed by atoms with Crippen molar-refractivity contribution in [2.75, 3.05) is 0 Å². The number of fused-ring (bicyclic) bond motifs is 1. The van der Waals surface area contributed by atoms with Crippen LogP contribution in [-0.2, 0) is 13.5 Å². The van der Waals surface area contributed by atoms with Gasteiger partial charge in [0.1, 0.15) is 5.82 Å². The van der Waals surface area contributed by atoms with Crippen molar-refractivity contribution in [3.63, 3.8) is 0 Å². The molecule has 0 bridgehead atoms. The highest BCUT2D eigenvalue weighted by Gasteiger charge is 2.13. The van der Waals surface area contributed by atoms with Gasteiger partial charge in [-0.25, -0.2) is 4.52 Å². The van der Waals surface area contributed by atoms with Crippen molar-refractivity contribution in [2.45, 2.75) is 6.42 Å². The summed E-state index contributed by atoms with van der Waals surface area (Å²) in [4.78, 5) is 5.47. The van der Waals surface area contributed by atoms with Crippen molar-refractivity contribution >= 4 is 28.5 Å². The second-order valence-electron chi connectivity index (χ2n) is 4.90. The number of hydrogen-bond donors (Lipinski definition) is 1. The molecule has 0 aliphatic rings. The Bertz CT molecular complexity index is 991. The van der Waals surface area contributed by atoms with Crippen molar-refractivity contribution in [1.29, 1.82) is 0 Å². The van der Waals surface area contributed by atoms with E-state index < -0.39 is 0 Å². The smallest absolute Gasteiger partial charge is 0.212 e. The van der Waals surface area contributed by atoms with Crippen LogP contribution >= 0.6 is 23.6 Å². The maximum Gasteiger partial charge on any atom is 0.212 e. The number of nitrogens with zero attached hydrogens (tertiary/aromatic N) is 5. The van der Waals surface area contributed by atoms with Gasteiger partial charge in [0.05, 0.1) is 12.1 Å². The van der Waals surface area contributed by atoms with Gasteiger partial charge in [0.25, 0.3) is 0 Å². The minimum Gasteiger partial charge on any atom is -0.307 e. The maximum atomic E-state index is 5.15. The molecule has 110 valence electrons. The topological polar surface area (TPSA) is 63.8 Å². The molecule has 0 aliphatic heterocycles. The van der Waals surface area contributed by atoms with E-state index in [1.165, 1.54) is 0 Å². The molecule has 8 heteroatoms. The van der Waals surface area contributed by atoms with Gasteiger partial charge in [-0.3, -0.25) is 5.10 Å². The molecule has 1 aromatic carbocycles. The predicted molar refractivity (Wildman–Crippen MR) is 87.5 cm³/mol. The zero-order chi connectivity index (χ0) is 15.1. The largest absolute Gasteiger partial charge is 0.307 e. The molecule has 6 nitrogen and oxygen atoms in total. The lowest BCUT2D eigenvalue weighted by atomic mass is 10.2. The van der Waals surface area contributed by atoms with Crippen LogP contribution in [0.1, 0.15) is 11.5 Å². The minimum atomic E-state index is 0.616. The zero-order valence-electron chi connectivity index (χ0n) is 11.7. The molecule has 4 rings (SSSR count). The summed E-state index contributed by atoms with van der Waals surface area (Å²) in [6.45, 7) is 0. The molecule has 3 heterocycles.